The first-order chi connectivity index (χ1) is 8.83. The van der Waals surface area contributed by atoms with Crippen LogP contribution in [0.4, 0.5) is 0 Å². The average molecular weight is 244 g/mol. The summed E-state index contributed by atoms with van der Waals surface area (Å²) in [5, 5.41) is 0. The molecule has 98 valence electrons. The predicted molar refractivity (Wildman–Crippen MR) is 75.8 cm³/mol. The van der Waals surface area contributed by atoms with Gasteiger partial charge < -0.3 is 4.79 Å². The lowest BCUT2D eigenvalue weighted by Crippen LogP contribution is -2.13. The van der Waals surface area contributed by atoms with Crippen LogP contribution in [-0.4, -0.2) is 6.29 Å². The van der Waals surface area contributed by atoms with E-state index < -0.39 is 0 Å². The Labute approximate surface area is 111 Å². The highest BCUT2D eigenvalue weighted by molar-refractivity contribution is 5.49. The third-order valence-corrected chi connectivity index (χ3v) is 4.40. The van der Waals surface area contributed by atoms with Crippen LogP contribution in [-0.2, 0) is 11.2 Å². The number of aryl methyl sites for hydroxylation is 1. The van der Waals surface area contributed by atoms with Crippen molar-refractivity contribution < 1.29 is 4.79 Å². The first-order valence-electron chi connectivity index (χ1n) is 7.36. The zero-order valence-corrected chi connectivity index (χ0v) is 11.4. The van der Waals surface area contributed by atoms with Gasteiger partial charge in [0.15, 0.2) is 0 Å². The van der Waals surface area contributed by atoms with Gasteiger partial charge in [-0.2, -0.15) is 0 Å². The maximum atomic E-state index is 10.4. The molecule has 0 saturated heterocycles. The minimum absolute atomic E-state index is 0.751. The fourth-order valence-corrected chi connectivity index (χ4v) is 3.11. The third kappa shape index (κ3) is 3.44. The Balaban J connectivity index is 1.86. The predicted octanol–water partition coefficient (Wildman–Crippen LogP) is 4.50. The van der Waals surface area contributed by atoms with E-state index in [-0.39, 0.29) is 0 Å². The molecule has 0 aromatic heterocycles. The Bertz CT molecular complexity index is 358. The lowest BCUT2D eigenvalue weighted by atomic mass is 9.77. The van der Waals surface area contributed by atoms with Gasteiger partial charge in [-0.25, -0.2) is 0 Å². The molecule has 1 aromatic carbocycles. The van der Waals surface area contributed by atoms with Crippen molar-refractivity contribution in [3.8, 4) is 0 Å². The van der Waals surface area contributed by atoms with Crippen LogP contribution in [0.3, 0.4) is 0 Å². The molecule has 0 radical (unpaired) electrons. The van der Waals surface area contributed by atoms with Gasteiger partial charge in [0.2, 0.25) is 0 Å². The van der Waals surface area contributed by atoms with Crippen molar-refractivity contribution in [1.29, 1.82) is 0 Å². The number of carbonyl (C=O) groups excluding carboxylic acids is 1. The van der Waals surface area contributed by atoms with Crippen LogP contribution in [0.2, 0.25) is 0 Å². The van der Waals surface area contributed by atoms with Gasteiger partial charge in [0.1, 0.15) is 6.29 Å². The van der Waals surface area contributed by atoms with E-state index in [1.807, 2.05) is 0 Å². The van der Waals surface area contributed by atoms with E-state index in [0.29, 0.717) is 0 Å². The van der Waals surface area contributed by atoms with Crippen LogP contribution >= 0.6 is 0 Å². The van der Waals surface area contributed by atoms with Crippen molar-refractivity contribution in [3.63, 3.8) is 0 Å². The minimum Gasteiger partial charge on any atom is -0.303 e. The number of benzene rings is 1. The molecule has 1 fully saturated rings. The maximum absolute atomic E-state index is 10.4. The molecule has 1 aliphatic rings. The Morgan fingerprint density at radius 1 is 1.11 bits per heavy atom. The molecule has 0 atom stereocenters. The summed E-state index contributed by atoms with van der Waals surface area (Å²) in [4.78, 5) is 10.4. The van der Waals surface area contributed by atoms with Gasteiger partial charge in [0.05, 0.1) is 0 Å². The van der Waals surface area contributed by atoms with Crippen molar-refractivity contribution in [2.75, 3.05) is 0 Å². The highest BCUT2D eigenvalue weighted by Gasteiger charge is 2.21. The van der Waals surface area contributed by atoms with Crippen LogP contribution in [0.1, 0.15) is 62.5 Å². The molecule has 0 bridgehead atoms. The molecule has 18 heavy (non-hydrogen) atoms. The second-order valence-corrected chi connectivity index (χ2v) is 5.56. The number of aldehydes is 1. The summed E-state index contributed by atoms with van der Waals surface area (Å²) in [5.41, 5.74) is 2.94. The first kappa shape index (κ1) is 13.3. The highest BCUT2D eigenvalue weighted by atomic mass is 16.1. The standard InChI is InChI=1S/C17H24O/c1-2-14-5-9-16(10-6-14)17-11-7-15(8-12-17)4-3-13-18/h5-6,9-10,13,15,17H,2-4,7-8,11-12H2,1H3. The fraction of sp³-hybridized carbons (Fsp3) is 0.588. The SMILES string of the molecule is CCc1ccc(C2CCC(CCC=O)CC2)cc1. The molecule has 1 heteroatoms. The second-order valence-electron chi connectivity index (χ2n) is 5.56. The second kappa shape index (κ2) is 6.72. The van der Waals surface area contributed by atoms with Gasteiger partial charge >= 0.3 is 0 Å². The first-order valence-corrected chi connectivity index (χ1v) is 7.36. The molecule has 0 aliphatic heterocycles. The summed E-state index contributed by atoms with van der Waals surface area (Å²) in [7, 11) is 0. The Hall–Kier alpha value is -1.11. The highest BCUT2D eigenvalue weighted by Crippen LogP contribution is 2.37. The Morgan fingerprint density at radius 2 is 1.78 bits per heavy atom. The summed E-state index contributed by atoms with van der Waals surface area (Å²) in [5.74, 6) is 1.55. The zero-order valence-electron chi connectivity index (χ0n) is 11.4. The molecule has 0 spiro atoms. The molecule has 0 unspecified atom stereocenters. The van der Waals surface area contributed by atoms with E-state index in [1.165, 1.54) is 36.8 Å². The lowest BCUT2D eigenvalue weighted by molar-refractivity contribution is -0.108. The van der Waals surface area contributed by atoms with Gasteiger partial charge in [-0.15, -0.1) is 0 Å². The smallest absolute Gasteiger partial charge is 0.120 e. The van der Waals surface area contributed by atoms with Crippen molar-refractivity contribution >= 4 is 6.29 Å². The number of hydrogen-bond acceptors (Lipinski definition) is 1. The zero-order chi connectivity index (χ0) is 12.8. The largest absolute Gasteiger partial charge is 0.303 e. The van der Waals surface area contributed by atoms with Crippen molar-refractivity contribution in [2.24, 2.45) is 5.92 Å². The van der Waals surface area contributed by atoms with Gasteiger partial charge in [0, 0.05) is 6.42 Å². The number of rotatable bonds is 5. The summed E-state index contributed by atoms with van der Waals surface area (Å²) in [6.45, 7) is 2.20. The Morgan fingerprint density at radius 3 is 2.33 bits per heavy atom. The van der Waals surface area contributed by atoms with Gasteiger partial charge in [-0.1, -0.05) is 31.2 Å². The maximum Gasteiger partial charge on any atom is 0.120 e. The molecule has 1 saturated carbocycles. The molecule has 0 N–H and O–H groups in total. The summed E-state index contributed by atoms with van der Waals surface area (Å²) < 4.78 is 0. The van der Waals surface area contributed by atoms with Crippen molar-refractivity contribution in [1.82, 2.24) is 0 Å². The molecule has 0 amide bonds. The van der Waals surface area contributed by atoms with Crippen LogP contribution in [0.15, 0.2) is 24.3 Å². The Kier molecular flexibility index (Phi) is 4.98. The van der Waals surface area contributed by atoms with E-state index in [4.69, 9.17) is 0 Å². The van der Waals surface area contributed by atoms with Gasteiger partial charge in [-0.3, -0.25) is 0 Å². The van der Waals surface area contributed by atoms with Crippen LogP contribution in [0.5, 0.6) is 0 Å². The van der Waals surface area contributed by atoms with E-state index >= 15 is 0 Å². The van der Waals surface area contributed by atoms with E-state index in [1.54, 1.807) is 0 Å². The normalized spacial score (nSPS) is 23.8. The molecular formula is C17H24O. The van der Waals surface area contributed by atoms with Crippen LogP contribution < -0.4 is 0 Å². The minimum atomic E-state index is 0.751. The van der Waals surface area contributed by atoms with E-state index in [0.717, 1.165) is 37.4 Å². The summed E-state index contributed by atoms with van der Waals surface area (Å²) >= 11 is 0. The molecule has 1 nitrogen and oxygen atoms in total. The van der Waals surface area contributed by atoms with E-state index in [9.17, 15) is 4.79 Å². The summed E-state index contributed by atoms with van der Waals surface area (Å²) in [6, 6.07) is 9.17. The summed E-state index contributed by atoms with van der Waals surface area (Å²) in [6.07, 6.45) is 9.24. The number of carbonyl (C=O) groups is 1. The monoisotopic (exact) mass is 244 g/mol. The quantitative estimate of drug-likeness (QED) is 0.697. The molecule has 0 heterocycles. The van der Waals surface area contributed by atoms with E-state index in [2.05, 4.69) is 31.2 Å². The molecular weight excluding hydrogens is 220 g/mol. The van der Waals surface area contributed by atoms with Crippen molar-refractivity contribution in [3.05, 3.63) is 35.4 Å². The van der Waals surface area contributed by atoms with Crippen molar-refractivity contribution in [2.45, 2.75) is 57.8 Å². The third-order valence-electron chi connectivity index (χ3n) is 4.40. The fourth-order valence-electron chi connectivity index (χ4n) is 3.11. The topological polar surface area (TPSA) is 17.1 Å². The number of hydrogen-bond donors (Lipinski definition) is 0. The molecule has 1 aromatic rings. The van der Waals surface area contributed by atoms with Gasteiger partial charge in [0.25, 0.3) is 0 Å². The van der Waals surface area contributed by atoms with Crippen LogP contribution in [0, 0.1) is 5.92 Å². The van der Waals surface area contributed by atoms with Gasteiger partial charge in [-0.05, 0) is 61.5 Å². The van der Waals surface area contributed by atoms with Crippen LogP contribution in [0.25, 0.3) is 0 Å². The molecule has 1 aliphatic carbocycles. The molecule has 2 rings (SSSR count). The average Bonchev–Trinajstić information content (AvgIpc) is 2.46. The lowest BCUT2D eigenvalue weighted by Gasteiger charge is -2.28.